The van der Waals surface area contributed by atoms with Crippen molar-refractivity contribution >= 4 is 38.3 Å². The Hall–Kier alpha value is -3.01. The Morgan fingerprint density at radius 1 is 1.16 bits per heavy atom. The summed E-state index contributed by atoms with van der Waals surface area (Å²) in [6.07, 6.45) is 3.16. The number of aliphatic hydroxyl groups is 1. The number of rotatable bonds is 9. The maximum Gasteiger partial charge on any atom is 0.250 e. The van der Waals surface area contributed by atoms with Crippen molar-refractivity contribution < 1.29 is 23.1 Å². The smallest absolute Gasteiger partial charge is 0.250 e. The van der Waals surface area contributed by atoms with Crippen molar-refractivity contribution in [2.24, 2.45) is 0 Å². The minimum atomic E-state index is -3.41. The van der Waals surface area contributed by atoms with Gasteiger partial charge in [-0.2, -0.15) is 0 Å². The van der Waals surface area contributed by atoms with Crippen LogP contribution in [0.4, 0.5) is 5.13 Å². The molecule has 0 unspecified atom stereocenters. The summed E-state index contributed by atoms with van der Waals surface area (Å²) in [5, 5.41) is 13.9. The number of nitrogens with zero attached hydrogens (tertiary/aromatic N) is 1. The molecule has 0 atom stereocenters. The van der Waals surface area contributed by atoms with E-state index in [2.05, 4.69) is 10.3 Å². The van der Waals surface area contributed by atoms with Gasteiger partial charge >= 0.3 is 0 Å². The molecule has 1 amide bonds. The Balaban J connectivity index is 1.60. The largest absolute Gasteiger partial charge is 0.497 e. The molecular formula is C22H22N2O5S2. The normalized spacial score (nSPS) is 11.5. The van der Waals surface area contributed by atoms with Crippen molar-refractivity contribution in [1.82, 2.24) is 4.98 Å². The van der Waals surface area contributed by atoms with Gasteiger partial charge < -0.3 is 9.84 Å². The molecule has 3 rings (SSSR count). The third-order valence-corrected chi connectivity index (χ3v) is 6.93. The molecule has 1 heterocycles. The van der Waals surface area contributed by atoms with Crippen LogP contribution in [0.5, 0.6) is 5.75 Å². The lowest BCUT2D eigenvalue weighted by Crippen LogP contribution is -2.08. The highest BCUT2D eigenvalue weighted by atomic mass is 32.2. The number of nitrogens with one attached hydrogen (secondary N) is 1. The lowest BCUT2D eigenvalue weighted by Gasteiger charge is -2.03. The summed E-state index contributed by atoms with van der Waals surface area (Å²) < 4.78 is 29.3. The molecule has 0 saturated heterocycles. The predicted molar refractivity (Wildman–Crippen MR) is 122 cm³/mol. The topological polar surface area (TPSA) is 106 Å². The zero-order chi connectivity index (χ0) is 22.3. The van der Waals surface area contributed by atoms with Gasteiger partial charge in [-0.05, 0) is 54.5 Å². The Morgan fingerprint density at radius 3 is 2.52 bits per heavy atom. The summed E-state index contributed by atoms with van der Waals surface area (Å²) in [7, 11) is -1.81. The lowest BCUT2D eigenvalue weighted by molar-refractivity contribution is -0.111. The number of anilines is 1. The number of amides is 1. The van der Waals surface area contributed by atoms with E-state index in [9.17, 15) is 13.2 Å². The third kappa shape index (κ3) is 6.24. The number of benzene rings is 2. The molecule has 31 heavy (non-hydrogen) atoms. The summed E-state index contributed by atoms with van der Waals surface area (Å²) in [5.41, 5.74) is 2.36. The number of carbonyl (C=O) groups excluding carboxylic acids is 1. The highest BCUT2D eigenvalue weighted by Gasteiger charge is 2.13. The number of hydrogen-bond acceptors (Lipinski definition) is 7. The summed E-state index contributed by atoms with van der Waals surface area (Å²) in [6, 6.07) is 13.7. The molecule has 0 fully saturated rings. The van der Waals surface area contributed by atoms with E-state index in [0.717, 1.165) is 17.0 Å². The average molecular weight is 459 g/mol. The molecule has 0 aliphatic carbocycles. The number of aromatic nitrogens is 1. The Labute approximate surface area is 185 Å². The number of ether oxygens (including phenoxy) is 1. The van der Waals surface area contributed by atoms with Crippen LogP contribution in [0.2, 0.25) is 0 Å². The Kier molecular flexibility index (Phi) is 7.56. The zero-order valence-electron chi connectivity index (χ0n) is 16.8. The molecule has 0 saturated carbocycles. The van der Waals surface area contributed by atoms with Crippen molar-refractivity contribution in [3.8, 4) is 17.0 Å². The van der Waals surface area contributed by atoms with Gasteiger partial charge in [-0.1, -0.05) is 12.1 Å². The number of carbonyl (C=O) groups is 1. The van der Waals surface area contributed by atoms with E-state index in [-0.39, 0.29) is 29.6 Å². The molecule has 2 N–H and O–H groups in total. The van der Waals surface area contributed by atoms with Gasteiger partial charge in [0.25, 0.3) is 0 Å². The van der Waals surface area contributed by atoms with Crippen molar-refractivity contribution in [1.29, 1.82) is 0 Å². The first-order valence-electron chi connectivity index (χ1n) is 9.44. The fourth-order valence-corrected chi connectivity index (χ4v) is 4.72. The van der Waals surface area contributed by atoms with Crippen LogP contribution in [0.1, 0.15) is 12.0 Å². The molecule has 0 aliphatic heterocycles. The first-order chi connectivity index (χ1) is 14.9. The van der Waals surface area contributed by atoms with Gasteiger partial charge in [0.15, 0.2) is 15.0 Å². The molecule has 3 aromatic rings. The summed E-state index contributed by atoms with van der Waals surface area (Å²) >= 11 is 1.32. The molecule has 2 aromatic carbocycles. The zero-order valence-corrected chi connectivity index (χ0v) is 18.4. The first kappa shape index (κ1) is 22.7. The van der Waals surface area contributed by atoms with Crippen molar-refractivity contribution in [3.63, 3.8) is 0 Å². The second-order valence-electron chi connectivity index (χ2n) is 6.55. The molecule has 0 spiro atoms. The Morgan fingerprint density at radius 2 is 1.87 bits per heavy atom. The van der Waals surface area contributed by atoms with Crippen LogP contribution in [-0.2, 0) is 14.6 Å². The second kappa shape index (κ2) is 10.3. The van der Waals surface area contributed by atoms with Gasteiger partial charge in [0, 0.05) is 23.6 Å². The monoisotopic (exact) mass is 458 g/mol. The van der Waals surface area contributed by atoms with Gasteiger partial charge in [-0.15, -0.1) is 11.3 Å². The molecule has 9 heteroatoms. The van der Waals surface area contributed by atoms with Crippen LogP contribution >= 0.6 is 11.3 Å². The first-order valence-corrected chi connectivity index (χ1v) is 12.0. The van der Waals surface area contributed by atoms with Crippen LogP contribution in [0.25, 0.3) is 17.3 Å². The highest BCUT2D eigenvalue weighted by Crippen LogP contribution is 2.26. The van der Waals surface area contributed by atoms with Gasteiger partial charge in [0.05, 0.1) is 23.5 Å². The van der Waals surface area contributed by atoms with Gasteiger partial charge in [-0.25, -0.2) is 13.4 Å². The maximum absolute atomic E-state index is 12.2. The van der Waals surface area contributed by atoms with E-state index in [0.29, 0.717) is 10.7 Å². The third-order valence-electron chi connectivity index (χ3n) is 4.36. The highest BCUT2D eigenvalue weighted by molar-refractivity contribution is 7.91. The number of thiazole rings is 1. The average Bonchev–Trinajstić information content (AvgIpc) is 3.25. The fourth-order valence-electron chi connectivity index (χ4n) is 2.70. The number of hydrogen-bond donors (Lipinski definition) is 2. The minimum Gasteiger partial charge on any atom is -0.497 e. The van der Waals surface area contributed by atoms with Crippen molar-refractivity contribution in [2.45, 2.75) is 11.3 Å². The maximum atomic E-state index is 12.2. The van der Waals surface area contributed by atoms with Gasteiger partial charge in [-0.3, -0.25) is 10.1 Å². The van der Waals surface area contributed by atoms with Crippen molar-refractivity contribution in [3.05, 3.63) is 65.6 Å². The van der Waals surface area contributed by atoms with E-state index in [1.165, 1.54) is 29.5 Å². The lowest BCUT2D eigenvalue weighted by atomic mass is 10.2. The minimum absolute atomic E-state index is 0.104. The van der Waals surface area contributed by atoms with E-state index < -0.39 is 9.84 Å². The molecular weight excluding hydrogens is 436 g/mol. The Bertz CT molecular complexity index is 1150. The number of methoxy groups -OCH3 is 1. The quantitative estimate of drug-likeness (QED) is 0.475. The van der Waals surface area contributed by atoms with Gasteiger partial charge in [0.2, 0.25) is 5.91 Å². The summed E-state index contributed by atoms with van der Waals surface area (Å²) in [5.74, 6) is 0.316. The van der Waals surface area contributed by atoms with Crippen molar-refractivity contribution in [2.75, 3.05) is 24.8 Å². The number of sulfone groups is 1. The summed E-state index contributed by atoms with van der Waals surface area (Å²) in [6.45, 7) is -0.171. The van der Waals surface area contributed by atoms with Gasteiger partial charge in [0.1, 0.15) is 5.75 Å². The van der Waals surface area contributed by atoms with E-state index >= 15 is 0 Å². The van der Waals surface area contributed by atoms with Crippen LogP contribution in [0.3, 0.4) is 0 Å². The molecule has 7 nitrogen and oxygen atoms in total. The standard InChI is InChI=1S/C22H22N2O5S2/c1-29-18-8-6-17(7-9-18)20-15-30-22(23-20)24-21(26)12-5-16-3-10-19(11-4-16)31(27,28)14-2-13-25/h3-12,15,25H,2,13-14H2,1H3,(H,23,24,26). The van der Waals surface area contributed by atoms with E-state index in [1.54, 1.807) is 25.3 Å². The fraction of sp³-hybridized carbons (Fsp3) is 0.182. The summed E-state index contributed by atoms with van der Waals surface area (Å²) in [4.78, 5) is 16.8. The van der Waals surface area contributed by atoms with Crippen LogP contribution < -0.4 is 10.1 Å². The molecule has 1 aromatic heterocycles. The second-order valence-corrected chi connectivity index (χ2v) is 9.52. The molecule has 0 bridgehead atoms. The van der Waals surface area contributed by atoms with Crippen LogP contribution in [-0.4, -0.2) is 43.9 Å². The SMILES string of the molecule is COc1ccc(-c2csc(NC(=O)C=Cc3ccc(S(=O)(=O)CCCO)cc3)n2)cc1. The van der Waals surface area contributed by atoms with Crippen LogP contribution in [0, 0.1) is 0 Å². The van der Waals surface area contributed by atoms with E-state index in [4.69, 9.17) is 9.84 Å². The molecule has 162 valence electrons. The van der Waals surface area contributed by atoms with E-state index in [1.807, 2.05) is 29.6 Å². The molecule has 0 radical (unpaired) electrons. The van der Waals surface area contributed by atoms with Crippen LogP contribution in [0.15, 0.2) is 64.9 Å². The molecule has 0 aliphatic rings. The number of aliphatic hydroxyl groups excluding tert-OH is 1. The predicted octanol–water partition coefficient (Wildman–Crippen LogP) is 3.63.